The third-order valence-corrected chi connectivity index (χ3v) is 8.93. The van der Waals surface area contributed by atoms with Crippen LogP contribution in [0.1, 0.15) is 62.6 Å². The molecule has 0 atom stereocenters. The minimum Gasteiger partial charge on any atom is -0.317 e. The van der Waals surface area contributed by atoms with Crippen molar-refractivity contribution in [3.8, 4) is 0 Å². The summed E-state index contributed by atoms with van der Waals surface area (Å²) in [4.78, 5) is 17.0. The number of halogens is 2. The summed E-state index contributed by atoms with van der Waals surface area (Å²) < 4.78 is 26.6. The number of rotatable bonds is 7. The van der Waals surface area contributed by atoms with Crippen LogP contribution in [0.4, 0.5) is 0 Å². The minimum atomic E-state index is -3.88. The molecule has 0 aliphatic carbocycles. The Labute approximate surface area is 197 Å². The number of aromatic nitrogens is 1. The molecule has 0 radical (unpaired) electrons. The number of aryl methyl sites for hydroxylation is 1. The second-order valence-electron chi connectivity index (χ2n) is 8.06. The van der Waals surface area contributed by atoms with Crippen LogP contribution in [0, 0.1) is 0 Å². The van der Waals surface area contributed by atoms with Crippen molar-refractivity contribution in [1.29, 1.82) is 0 Å². The predicted octanol–water partition coefficient (Wildman–Crippen LogP) is 2.40. The summed E-state index contributed by atoms with van der Waals surface area (Å²) in [6, 6.07) is 4.18. The lowest BCUT2D eigenvalue weighted by Gasteiger charge is -2.40. The van der Waals surface area contributed by atoms with Crippen molar-refractivity contribution in [2.45, 2.75) is 62.5 Å². The van der Waals surface area contributed by atoms with Crippen LogP contribution in [0.2, 0.25) is 0 Å². The Hall–Kier alpha value is -0.970. The van der Waals surface area contributed by atoms with Gasteiger partial charge in [-0.15, -0.1) is 24.8 Å². The molecule has 2 aliphatic rings. The van der Waals surface area contributed by atoms with Crippen molar-refractivity contribution in [3.63, 3.8) is 0 Å². The van der Waals surface area contributed by atoms with Crippen molar-refractivity contribution in [2.24, 2.45) is 0 Å². The van der Waals surface area contributed by atoms with E-state index in [0.717, 1.165) is 25.0 Å². The number of carbonyl (C=O) groups excluding carboxylic acids is 1. The Bertz CT molecular complexity index is 794. The van der Waals surface area contributed by atoms with E-state index >= 15 is 0 Å². The van der Waals surface area contributed by atoms with E-state index in [4.69, 9.17) is 5.21 Å². The lowest BCUT2D eigenvalue weighted by atomic mass is 9.93. The molecule has 0 aromatic carbocycles. The van der Waals surface area contributed by atoms with E-state index in [-0.39, 0.29) is 43.6 Å². The number of amides is 1. The SMILES string of the molecule is CCCCc1ccc(C2CCN(S(=O)(=O)C3(C(=O)NO)CCNCC3)CC2)nc1.Cl.Cl. The molecule has 0 spiro atoms. The first kappa shape index (κ1) is 28.1. The molecule has 3 heterocycles. The quantitative estimate of drug-likeness (QED) is 0.394. The van der Waals surface area contributed by atoms with E-state index in [1.54, 1.807) is 5.48 Å². The van der Waals surface area contributed by atoms with Crippen LogP contribution in [0.25, 0.3) is 0 Å². The van der Waals surface area contributed by atoms with Crippen molar-refractivity contribution >= 4 is 40.7 Å². The maximum absolute atomic E-state index is 13.4. The minimum absolute atomic E-state index is 0. The number of pyridine rings is 1. The van der Waals surface area contributed by atoms with Crippen LogP contribution in [0.5, 0.6) is 0 Å². The standard InChI is InChI=1S/C20H32N4O4S.2ClH/c1-2-3-4-16-5-6-18(22-15-16)17-7-13-24(14-8-17)29(27,28)20(19(25)23-26)9-11-21-12-10-20;;/h5-6,15,17,21,26H,2-4,7-14H2,1H3,(H,23,25);2*1H. The van der Waals surface area contributed by atoms with Gasteiger partial charge < -0.3 is 5.32 Å². The van der Waals surface area contributed by atoms with Gasteiger partial charge in [0.15, 0.2) is 4.75 Å². The molecule has 1 aromatic rings. The summed E-state index contributed by atoms with van der Waals surface area (Å²) in [6.07, 6.45) is 6.93. The fourth-order valence-electron chi connectivity index (χ4n) is 4.38. The van der Waals surface area contributed by atoms with Crippen LogP contribution in [0.15, 0.2) is 18.3 Å². The van der Waals surface area contributed by atoms with Gasteiger partial charge in [-0.3, -0.25) is 15.0 Å². The maximum atomic E-state index is 13.4. The van der Waals surface area contributed by atoms with Gasteiger partial charge in [-0.05, 0) is 63.2 Å². The first-order chi connectivity index (χ1) is 13.9. The van der Waals surface area contributed by atoms with Crippen LogP contribution in [0.3, 0.4) is 0 Å². The lowest BCUT2D eigenvalue weighted by molar-refractivity contribution is -0.132. The molecule has 2 saturated heterocycles. The number of nitrogens with one attached hydrogen (secondary N) is 2. The fraction of sp³-hybridized carbons (Fsp3) is 0.700. The zero-order valence-corrected chi connectivity index (χ0v) is 20.3. The zero-order valence-electron chi connectivity index (χ0n) is 17.9. The van der Waals surface area contributed by atoms with Gasteiger partial charge in [0.05, 0.1) is 0 Å². The van der Waals surface area contributed by atoms with Crippen LogP contribution in [-0.2, 0) is 21.2 Å². The Morgan fingerprint density at radius 3 is 2.42 bits per heavy atom. The molecule has 2 aliphatic heterocycles. The van der Waals surface area contributed by atoms with E-state index in [2.05, 4.69) is 29.4 Å². The summed E-state index contributed by atoms with van der Waals surface area (Å²) in [5.74, 6) is -0.609. The van der Waals surface area contributed by atoms with E-state index in [1.807, 2.05) is 6.20 Å². The maximum Gasteiger partial charge on any atom is 0.266 e. The third-order valence-electron chi connectivity index (χ3n) is 6.30. The van der Waals surface area contributed by atoms with E-state index in [0.29, 0.717) is 39.0 Å². The molecule has 0 bridgehead atoms. The summed E-state index contributed by atoms with van der Waals surface area (Å²) in [5.41, 5.74) is 3.83. The molecule has 2 fully saturated rings. The van der Waals surface area contributed by atoms with Crippen molar-refractivity contribution in [2.75, 3.05) is 26.2 Å². The van der Waals surface area contributed by atoms with Gasteiger partial charge in [0.25, 0.3) is 5.91 Å². The van der Waals surface area contributed by atoms with Crippen LogP contribution >= 0.6 is 24.8 Å². The zero-order chi connectivity index (χ0) is 20.9. The number of carbonyl (C=O) groups is 1. The number of hydrogen-bond acceptors (Lipinski definition) is 6. The van der Waals surface area contributed by atoms with E-state index in [9.17, 15) is 13.2 Å². The summed E-state index contributed by atoms with van der Waals surface area (Å²) in [7, 11) is -3.88. The number of sulfonamides is 1. The average molecular weight is 497 g/mol. The van der Waals surface area contributed by atoms with Crippen molar-refractivity contribution < 1.29 is 18.4 Å². The highest BCUT2D eigenvalue weighted by atomic mass is 35.5. The molecular weight excluding hydrogens is 463 g/mol. The smallest absolute Gasteiger partial charge is 0.266 e. The number of hydroxylamine groups is 1. The second kappa shape index (κ2) is 12.3. The van der Waals surface area contributed by atoms with Crippen molar-refractivity contribution in [3.05, 3.63) is 29.6 Å². The monoisotopic (exact) mass is 496 g/mol. The van der Waals surface area contributed by atoms with Gasteiger partial charge in [0, 0.05) is 30.9 Å². The molecule has 3 rings (SSSR count). The predicted molar refractivity (Wildman–Crippen MR) is 125 cm³/mol. The van der Waals surface area contributed by atoms with Gasteiger partial charge in [0.1, 0.15) is 0 Å². The van der Waals surface area contributed by atoms with Crippen LogP contribution in [-0.4, -0.2) is 59.7 Å². The highest BCUT2D eigenvalue weighted by molar-refractivity contribution is 7.91. The summed E-state index contributed by atoms with van der Waals surface area (Å²) >= 11 is 0. The fourth-order valence-corrected chi connectivity index (χ4v) is 6.57. The van der Waals surface area contributed by atoms with E-state index < -0.39 is 20.7 Å². The largest absolute Gasteiger partial charge is 0.317 e. The first-order valence-corrected chi connectivity index (χ1v) is 12.0. The molecular formula is C20H34Cl2N4O4S. The first-order valence-electron chi connectivity index (χ1n) is 10.5. The normalized spacial score (nSPS) is 19.7. The molecule has 3 N–H and O–H groups in total. The van der Waals surface area contributed by atoms with Gasteiger partial charge in [-0.2, -0.15) is 0 Å². The van der Waals surface area contributed by atoms with E-state index in [1.165, 1.54) is 9.87 Å². The molecule has 11 heteroatoms. The highest BCUT2D eigenvalue weighted by Gasteiger charge is 2.54. The Morgan fingerprint density at radius 2 is 1.90 bits per heavy atom. The molecule has 178 valence electrons. The van der Waals surface area contributed by atoms with Gasteiger partial charge in [-0.25, -0.2) is 18.2 Å². The highest BCUT2D eigenvalue weighted by Crippen LogP contribution is 2.35. The summed E-state index contributed by atoms with van der Waals surface area (Å²) in [5, 5.41) is 12.3. The van der Waals surface area contributed by atoms with Gasteiger partial charge >= 0.3 is 0 Å². The molecule has 0 saturated carbocycles. The number of piperidine rings is 2. The van der Waals surface area contributed by atoms with Gasteiger partial charge in [-0.1, -0.05) is 19.4 Å². The average Bonchev–Trinajstić information content (AvgIpc) is 2.78. The molecule has 8 nitrogen and oxygen atoms in total. The number of hydrogen-bond donors (Lipinski definition) is 3. The summed E-state index contributed by atoms with van der Waals surface area (Å²) in [6.45, 7) is 3.75. The van der Waals surface area contributed by atoms with Crippen LogP contribution < -0.4 is 10.8 Å². The number of nitrogens with zero attached hydrogens (tertiary/aromatic N) is 2. The Kier molecular flexibility index (Phi) is 11.2. The number of unbranched alkanes of at least 4 members (excludes halogenated alkanes) is 1. The third kappa shape index (κ3) is 5.89. The molecule has 0 unspecified atom stereocenters. The van der Waals surface area contributed by atoms with Gasteiger partial charge in [0.2, 0.25) is 10.0 Å². The molecule has 1 amide bonds. The Balaban J connectivity index is 0.00000240. The Morgan fingerprint density at radius 1 is 1.26 bits per heavy atom. The molecule has 1 aromatic heterocycles. The lowest BCUT2D eigenvalue weighted by Crippen LogP contribution is -2.61. The van der Waals surface area contributed by atoms with Crippen molar-refractivity contribution in [1.82, 2.24) is 20.1 Å². The topological polar surface area (TPSA) is 112 Å². The second-order valence-corrected chi connectivity index (χ2v) is 10.3. The molecule has 31 heavy (non-hydrogen) atoms.